The Labute approximate surface area is 82.7 Å². The molecular weight excluding hydrogens is 180 g/mol. The van der Waals surface area contributed by atoms with Crippen LogP contribution in [0.2, 0.25) is 0 Å². The van der Waals surface area contributed by atoms with Gasteiger partial charge in [0.2, 0.25) is 0 Å². The Hall–Kier alpha value is -1.64. The molecule has 0 aromatic heterocycles. The second-order valence-electron chi connectivity index (χ2n) is 2.87. The van der Waals surface area contributed by atoms with Gasteiger partial charge in [-0.05, 0) is 12.0 Å². The molecule has 0 radical (unpaired) electrons. The van der Waals surface area contributed by atoms with E-state index >= 15 is 0 Å². The molecule has 0 heterocycles. The Bertz CT molecular complexity index is 338. The summed E-state index contributed by atoms with van der Waals surface area (Å²) in [5.74, 6) is -1.43. The van der Waals surface area contributed by atoms with Gasteiger partial charge in [0.05, 0.1) is 7.11 Å². The highest BCUT2D eigenvalue weighted by Gasteiger charge is 2.15. The van der Waals surface area contributed by atoms with E-state index in [-0.39, 0.29) is 0 Å². The van der Waals surface area contributed by atoms with Crippen LogP contribution in [0.5, 0.6) is 0 Å². The minimum absolute atomic E-state index is 0.369. The summed E-state index contributed by atoms with van der Waals surface area (Å²) in [6.45, 7) is 2.02. The lowest BCUT2D eigenvalue weighted by Gasteiger charge is -2.00. The number of hydrogen-bond acceptors (Lipinski definition) is 3. The molecule has 0 saturated carbocycles. The summed E-state index contributed by atoms with van der Waals surface area (Å²) in [5, 5.41) is 0. The number of aryl methyl sites for hydroxylation is 1. The summed E-state index contributed by atoms with van der Waals surface area (Å²) >= 11 is 0. The SMILES string of the molecule is CCc1ccc(C(=O)C(=O)OC)cc1. The van der Waals surface area contributed by atoms with Gasteiger partial charge in [-0.3, -0.25) is 4.79 Å². The molecule has 74 valence electrons. The topological polar surface area (TPSA) is 43.4 Å². The zero-order valence-electron chi connectivity index (χ0n) is 8.24. The molecular formula is C11H12O3. The maximum atomic E-state index is 11.3. The molecule has 1 aromatic rings. The number of ether oxygens (including phenoxy) is 1. The van der Waals surface area contributed by atoms with E-state index in [0.717, 1.165) is 12.0 Å². The van der Waals surface area contributed by atoms with Crippen LogP contribution in [0.3, 0.4) is 0 Å². The highest BCUT2D eigenvalue weighted by Crippen LogP contribution is 2.06. The van der Waals surface area contributed by atoms with Crippen molar-refractivity contribution in [3.05, 3.63) is 35.4 Å². The Morgan fingerprint density at radius 1 is 1.21 bits per heavy atom. The van der Waals surface area contributed by atoms with Crippen LogP contribution in [0, 0.1) is 0 Å². The van der Waals surface area contributed by atoms with Crippen LogP contribution in [-0.4, -0.2) is 18.9 Å². The van der Waals surface area contributed by atoms with E-state index in [9.17, 15) is 9.59 Å². The van der Waals surface area contributed by atoms with Crippen LogP contribution in [0.15, 0.2) is 24.3 Å². The third-order valence-corrected chi connectivity index (χ3v) is 2.00. The first-order chi connectivity index (χ1) is 6.69. The number of carbonyl (C=O) groups is 2. The maximum absolute atomic E-state index is 11.3. The molecule has 0 bridgehead atoms. The van der Waals surface area contributed by atoms with E-state index in [1.165, 1.54) is 7.11 Å². The van der Waals surface area contributed by atoms with Gasteiger partial charge in [0, 0.05) is 5.56 Å². The molecule has 0 fully saturated rings. The molecule has 0 saturated heterocycles. The van der Waals surface area contributed by atoms with Gasteiger partial charge in [0.15, 0.2) is 0 Å². The number of hydrogen-bond donors (Lipinski definition) is 0. The fraction of sp³-hybridized carbons (Fsp3) is 0.273. The van der Waals surface area contributed by atoms with Crippen molar-refractivity contribution in [2.75, 3.05) is 7.11 Å². The molecule has 0 N–H and O–H groups in total. The van der Waals surface area contributed by atoms with Gasteiger partial charge in [-0.1, -0.05) is 31.2 Å². The predicted molar refractivity (Wildman–Crippen MR) is 52.2 cm³/mol. The van der Waals surface area contributed by atoms with Crippen molar-refractivity contribution in [1.29, 1.82) is 0 Å². The summed E-state index contributed by atoms with van der Waals surface area (Å²) in [6.07, 6.45) is 0.909. The number of esters is 1. The smallest absolute Gasteiger partial charge is 0.379 e. The lowest BCUT2D eigenvalue weighted by molar-refractivity contribution is -0.135. The van der Waals surface area contributed by atoms with Gasteiger partial charge in [0.25, 0.3) is 5.78 Å². The van der Waals surface area contributed by atoms with Crippen molar-refractivity contribution in [2.45, 2.75) is 13.3 Å². The zero-order valence-corrected chi connectivity index (χ0v) is 8.24. The van der Waals surface area contributed by atoms with E-state index in [1.54, 1.807) is 12.1 Å². The van der Waals surface area contributed by atoms with E-state index in [2.05, 4.69) is 4.74 Å². The quantitative estimate of drug-likeness (QED) is 0.415. The van der Waals surface area contributed by atoms with E-state index < -0.39 is 11.8 Å². The van der Waals surface area contributed by atoms with Gasteiger partial charge < -0.3 is 4.74 Å². The van der Waals surface area contributed by atoms with Gasteiger partial charge in [0.1, 0.15) is 0 Å². The van der Waals surface area contributed by atoms with Crippen molar-refractivity contribution >= 4 is 11.8 Å². The van der Waals surface area contributed by atoms with Crippen molar-refractivity contribution in [3.8, 4) is 0 Å². The molecule has 0 aliphatic rings. The normalized spacial score (nSPS) is 9.57. The lowest BCUT2D eigenvalue weighted by atomic mass is 10.1. The van der Waals surface area contributed by atoms with E-state index in [4.69, 9.17) is 0 Å². The molecule has 0 atom stereocenters. The monoisotopic (exact) mass is 192 g/mol. The summed E-state index contributed by atoms with van der Waals surface area (Å²) in [4.78, 5) is 22.2. The van der Waals surface area contributed by atoms with E-state index in [0.29, 0.717) is 5.56 Å². The average Bonchev–Trinajstić information content (AvgIpc) is 2.27. The van der Waals surface area contributed by atoms with Gasteiger partial charge >= 0.3 is 5.97 Å². The number of methoxy groups -OCH3 is 1. The van der Waals surface area contributed by atoms with Crippen LogP contribution in [-0.2, 0) is 16.0 Å². The van der Waals surface area contributed by atoms with Crippen LogP contribution in [0.1, 0.15) is 22.8 Å². The summed E-state index contributed by atoms with van der Waals surface area (Å²) in [6, 6.07) is 6.93. The molecule has 0 aliphatic heterocycles. The molecule has 0 aliphatic carbocycles. The minimum Gasteiger partial charge on any atom is -0.463 e. The first-order valence-corrected chi connectivity index (χ1v) is 4.40. The van der Waals surface area contributed by atoms with Crippen molar-refractivity contribution in [3.63, 3.8) is 0 Å². The third kappa shape index (κ3) is 2.19. The summed E-state index contributed by atoms with van der Waals surface area (Å²) in [7, 11) is 1.20. The molecule has 3 nitrogen and oxygen atoms in total. The fourth-order valence-electron chi connectivity index (χ4n) is 1.10. The van der Waals surface area contributed by atoms with Crippen LogP contribution >= 0.6 is 0 Å². The van der Waals surface area contributed by atoms with Crippen molar-refractivity contribution in [1.82, 2.24) is 0 Å². The Balaban J connectivity index is 2.87. The highest BCUT2D eigenvalue weighted by molar-refractivity contribution is 6.40. The molecule has 3 heteroatoms. The van der Waals surface area contributed by atoms with Crippen LogP contribution in [0.25, 0.3) is 0 Å². The molecule has 14 heavy (non-hydrogen) atoms. The second-order valence-corrected chi connectivity index (χ2v) is 2.87. The number of benzene rings is 1. The Morgan fingerprint density at radius 3 is 2.21 bits per heavy atom. The number of Topliss-reactive ketones (excluding diaryl/α,β-unsaturated/α-hetero) is 1. The van der Waals surface area contributed by atoms with E-state index in [1.807, 2.05) is 19.1 Å². The summed E-state index contributed by atoms with van der Waals surface area (Å²) in [5.41, 5.74) is 1.50. The highest BCUT2D eigenvalue weighted by atomic mass is 16.5. The van der Waals surface area contributed by atoms with Crippen LogP contribution < -0.4 is 0 Å². The number of rotatable bonds is 3. The van der Waals surface area contributed by atoms with Crippen LogP contribution in [0.4, 0.5) is 0 Å². The average molecular weight is 192 g/mol. The predicted octanol–water partition coefficient (Wildman–Crippen LogP) is 1.60. The molecule has 1 aromatic carbocycles. The maximum Gasteiger partial charge on any atom is 0.379 e. The van der Waals surface area contributed by atoms with Gasteiger partial charge in [-0.2, -0.15) is 0 Å². The largest absolute Gasteiger partial charge is 0.463 e. The minimum atomic E-state index is -0.825. The summed E-state index contributed by atoms with van der Waals surface area (Å²) < 4.78 is 4.33. The first-order valence-electron chi connectivity index (χ1n) is 4.40. The Morgan fingerprint density at radius 2 is 1.79 bits per heavy atom. The molecule has 0 unspecified atom stereocenters. The van der Waals surface area contributed by atoms with Crippen molar-refractivity contribution < 1.29 is 14.3 Å². The fourth-order valence-corrected chi connectivity index (χ4v) is 1.10. The Kier molecular flexibility index (Phi) is 3.40. The molecule has 0 amide bonds. The third-order valence-electron chi connectivity index (χ3n) is 2.00. The molecule has 1 rings (SSSR count). The van der Waals surface area contributed by atoms with Gasteiger partial charge in [-0.15, -0.1) is 0 Å². The number of carbonyl (C=O) groups excluding carboxylic acids is 2. The van der Waals surface area contributed by atoms with Gasteiger partial charge in [-0.25, -0.2) is 4.79 Å². The lowest BCUT2D eigenvalue weighted by Crippen LogP contribution is -2.15. The van der Waals surface area contributed by atoms with Crippen molar-refractivity contribution in [2.24, 2.45) is 0 Å². The zero-order chi connectivity index (χ0) is 10.6. The standard InChI is InChI=1S/C11H12O3/c1-3-8-4-6-9(7-5-8)10(12)11(13)14-2/h4-7H,3H2,1-2H3. The molecule has 0 spiro atoms. The first kappa shape index (κ1) is 10.4. The second kappa shape index (κ2) is 4.56. The number of ketones is 1.